The minimum absolute atomic E-state index is 0.225. The second-order valence-electron chi connectivity index (χ2n) is 9.01. The van der Waals surface area contributed by atoms with E-state index >= 15 is 0 Å². The van der Waals surface area contributed by atoms with Gasteiger partial charge in [-0.25, -0.2) is 0 Å². The van der Waals surface area contributed by atoms with Crippen LogP contribution in [0, 0.1) is 5.92 Å². The van der Waals surface area contributed by atoms with Crippen LogP contribution in [0.2, 0.25) is 13.1 Å². The molecule has 4 rings (SSSR count). The van der Waals surface area contributed by atoms with Crippen LogP contribution in [0.4, 0.5) is 0 Å². The molecule has 4 heteroatoms. The summed E-state index contributed by atoms with van der Waals surface area (Å²) in [5.74, 6) is 0.594. The van der Waals surface area contributed by atoms with Gasteiger partial charge in [-0.2, -0.15) is 0 Å². The van der Waals surface area contributed by atoms with Gasteiger partial charge in [0.15, 0.2) is 0 Å². The fourth-order valence-corrected chi connectivity index (χ4v) is 40.3. The average molecular weight is 594 g/mol. The first-order chi connectivity index (χ1) is 13.2. The number of halogens is 2. The van der Waals surface area contributed by atoms with E-state index in [-0.39, 0.29) is 3.67 Å². The van der Waals surface area contributed by atoms with E-state index in [1.54, 1.807) is 0 Å². The van der Waals surface area contributed by atoms with Crippen molar-refractivity contribution in [2.45, 2.75) is 43.5 Å². The van der Waals surface area contributed by atoms with Crippen LogP contribution in [0.1, 0.15) is 46.2 Å². The van der Waals surface area contributed by atoms with E-state index in [0.717, 1.165) is 12.8 Å². The summed E-state index contributed by atoms with van der Waals surface area (Å²) in [5, 5.41) is 0. The molecule has 2 aromatic rings. The van der Waals surface area contributed by atoms with Gasteiger partial charge in [-0.1, -0.05) is 0 Å². The van der Waals surface area contributed by atoms with Crippen LogP contribution >= 0.6 is 17.2 Å². The number of benzene rings is 2. The average Bonchev–Trinajstić information content (AvgIpc) is 3.23. The maximum atomic E-state index is 7.96. The molecule has 0 bridgehead atoms. The molecule has 146 valence electrons. The Morgan fingerprint density at radius 1 is 0.964 bits per heavy atom. The van der Waals surface area contributed by atoms with E-state index in [4.69, 9.17) is 17.2 Å². The van der Waals surface area contributed by atoms with E-state index in [0.29, 0.717) is 5.92 Å². The Morgan fingerprint density at radius 3 is 2.25 bits per heavy atom. The summed E-state index contributed by atoms with van der Waals surface area (Å²) in [6.07, 6.45) is 6.76. The number of rotatable bonds is 4. The minimum atomic E-state index is -4.50. The van der Waals surface area contributed by atoms with Crippen molar-refractivity contribution in [1.82, 2.24) is 0 Å². The molecular weight excluding hydrogens is 566 g/mol. The Bertz CT molecular complexity index is 1080. The molecule has 0 saturated heterocycles. The van der Waals surface area contributed by atoms with Crippen molar-refractivity contribution in [2.24, 2.45) is 5.92 Å². The Hall–Kier alpha value is -0.413. The number of fused-ring (bicyclic) bond motifs is 2. The van der Waals surface area contributed by atoms with Gasteiger partial charge >= 0.3 is 179 Å². The summed E-state index contributed by atoms with van der Waals surface area (Å²) >= 11 is -4.50. The number of hydrogen-bond acceptors (Lipinski definition) is 0. The molecule has 0 aromatic heterocycles. The van der Waals surface area contributed by atoms with Gasteiger partial charge in [0.25, 0.3) is 0 Å². The van der Waals surface area contributed by atoms with Gasteiger partial charge < -0.3 is 0 Å². The molecule has 0 heterocycles. The van der Waals surface area contributed by atoms with Crippen molar-refractivity contribution in [3.63, 3.8) is 0 Å². The quantitative estimate of drug-likeness (QED) is 0.315. The Balaban J connectivity index is 1.95. The van der Waals surface area contributed by atoms with Crippen molar-refractivity contribution in [3.05, 3.63) is 79.7 Å². The van der Waals surface area contributed by atoms with Crippen molar-refractivity contribution >= 4 is 34.8 Å². The zero-order valence-corrected chi connectivity index (χ0v) is 23.2. The molecule has 2 aromatic carbocycles. The Kier molecular flexibility index (Phi) is 5.49. The number of hydrogen-bond donors (Lipinski definition) is 0. The van der Waals surface area contributed by atoms with Crippen LogP contribution in [0.25, 0.3) is 12.2 Å². The molecular formula is C24H28Cl2HfSi. The zero-order chi connectivity index (χ0) is 20.1. The van der Waals surface area contributed by atoms with Gasteiger partial charge in [-0.3, -0.25) is 0 Å². The molecule has 2 aliphatic rings. The topological polar surface area (TPSA) is 0 Å². The predicted molar refractivity (Wildman–Crippen MR) is 124 cm³/mol. The molecule has 28 heavy (non-hydrogen) atoms. The molecule has 1 unspecified atom stereocenters. The Labute approximate surface area is 177 Å². The summed E-state index contributed by atoms with van der Waals surface area (Å²) in [6, 6.07) is 17.5. The Morgan fingerprint density at radius 2 is 1.61 bits per heavy atom. The van der Waals surface area contributed by atoms with Crippen LogP contribution in [0.5, 0.6) is 0 Å². The third kappa shape index (κ3) is 3.19. The monoisotopic (exact) mass is 594 g/mol. The SMILES string of the molecule is CC(C)CC1=Cc2ccccc2[CH]1[Hf]([Cl])([Cl])([C]1=Cc2ccccc2C1)=[Si](C)C. The molecule has 0 saturated carbocycles. The molecule has 0 amide bonds. The van der Waals surface area contributed by atoms with E-state index in [1.165, 1.54) is 31.2 Å². The van der Waals surface area contributed by atoms with E-state index < -0.39 is 20.3 Å². The van der Waals surface area contributed by atoms with Crippen molar-refractivity contribution in [1.29, 1.82) is 0 Å². The summed E-state index contributed by atoms with van der Waals surface area (Å²) < 4.78 is 1.61. The van der Waals surface area contributed by atoms with Gasteiger partial charge in [0.05, 0.1) is 0 Å². The van der Waals surface area contributed by atoms with Crippen LogP contribution in [0.3, 0.4) is 0 Å². The van der Waals surface area contributed by atoms with E-state index in [9.17, 15) is 0 Å². The van der Waals surface area contributed by atoms with E-state index in [1.807, 2.05) is 0 Å². The molecule has 0 radical (unpaired) electrons. The standard InChI is InChI=1S/C13H15.C9H7.C2H6Si.2ClH.Hf/c1-10(2)7-11-8-12-5-3-4-6-13(12)9-11;1-2-5-9-7-3-6-8(9)4-1;1-3-2;;;/h3-6,8-10H,7H2,1-2H3;1-2,4-6H,7H2;1-2H3;2*1H;/q;;;;;+2/p-2. The molecule has 0 fully saturated rings. The zero-order valence-electron chi connectivity index (χ0n) is 17.1. The van der Waals surface area contributed by atoms with Gasteiger partial charge in [0.1, 0.15) is 0 Å². The van der Waals surface area contributed by atoms with Crippen LogP contribution in [0.15, 0.2) is 57.4 Å². The fourth-order valence-electron chi connectivity index (χ4n) is 5.00. The fraction of sp³-hybridized carbons (Fsp3) is 0.333. The van der Waals surface area contributed by atoms with E-state index in [2.05, 4.69) is 87.6 Å². The predicted octanol–water partition coefficient (Wildman–Crippen LogP) is 8.02. The first-order valence-electron chi connectivity index (χ1n) is 10.2. The third-order valence-corrected chi connectivity index (χ3v) is 70.6. The molecule has 0 aliphatic heterocycles. The molecule has 2 aliphatic carbocycles. The first-order valence-corrected chi connectivity index (χ1v) is 30.8. The third-order valence-electron chi connectivity index (χ3n) is 6.44. The first kappa shape index (κ1) is 20.8. The maximum absolute atomic E-state index is 7.96. The summed E-state index contributed by atoms with van der Waals surface area (Å²) in [7, 11) is 15.9. The van der Waals surface area contributed by atoms with Crippen LogP contribution < -0.4 is 0 Å². The van der Waals surface area contributed by atoms with Crippen molar-refractivity contribution < 1.29 is 14.8 Å². The molecule has 0 spiro atoms. The molecule has 0 nitrogen and oxygen atoms in total. The summed E-state index contributed by atoms with van der Waals surface area (Å²) in [4.78, 5) is 0. The van der Waals surface area contributed by atoms with Gasteiger partial charge in [-0.15, -0.1) is 0 Å². The molecule has 0 N–H and O–H groups in total. The second-order valence-corrected chi connectivity index (χ2v) is 62.1. The van der Waals surface area contributed by atoms with Gasteiger partial charge in [0.2, 0.25) is 0 Å². The summed E-state index contributed by atoms with van der Waals surface area (Å²) in [5.41, 5.74) is 5.94. The molecule has 1 atom stereocenters. The summed E-state index contributed by atoms with van der Waals surface area (Å²) in [6.45, 7) is 9.31. The van der Waals surface area contributed by atoms with Crippen molar-refractivity contribution in [3.8, 4) is 0 Å². The van der Waals surface area contributed by atoms with Gasteiger partial charge in [0, 0.05) is 0 Å². The normalized spacial score (nSPS) is 18.6. The second kappa shape index (κ2) is 7.37. The number of allylic oxidation sites excluding steroid dienone is 2. The van der Waals surface area contributed by atoms with Gasteiger partial charge in [-0.05, 0) is 0 Å². The van der Waals surface area contributed by atoms with Crippen molar-refractivity contribution in [2.75, 3.05) is 0 Å². The van der Waals surface area contributed by atoms with Crippen LogP contribution in [-0.2, 0) is 21.2 Å². The van der Waals surface area contributed by atoms with Crippen LogP contribution in [-0.4, -0.2) is 5.49 Å².